The number of hydrogen-bond donors (Lipinski definition) is 1. The van der Waals surface area contributed by atoms with Gasteiger partial charge in [-0.15, -0.1) is 0 Å². The zero-order valence-electron chi connectivity index (χ0n) is 14.1. The molecule has 3 rings (SSSR count). The molecule has 1 heterocycles. The highest BCUT2D eigenvalue weighted by Crippen LogP contribution is 2.40. The molecule has 2 aromatic rings. The summed E-state index contributed by atoms with van der Waals surface area (Å²) in [4.78, 5) is 16.4. The topological polar surface area (TPSA) is 56.1 Å². The van der Waals surface area contributed by atoms with E-state index in [1.54, 1.807) is 0 Å². The molecule has 0 aliphatic heterocycles. The maximum absolute atomic E-state index is 11.9. The molecule has 5 heteroatoms. The fourth-order valence-electron chi connectivity index (χ4n) is 2.53. The standard InChI is InChI=1S/C18H23N3O2/c1-12-5-8-14(20-17(22)23-18(2,3)4)11-15(12)21-10-9-19-16(21)13-6-7-13/h5,8-11,13H,6-7H2,1-4H3,(H,20,22). The Balaban J connectivity index is 1.85. The number of aromatic nitrogens is 2. The van der Waals surface area contributed by atoms with Crippen LogP contribution in [-0.4, -0.2) is 21.2 Å². The zero-order chi connectivity index (χ0) is 16.6. The normalized spacial score (nSPS) is 14.6. The van der Waals surface area contributed by atoms with Gasteiger partial charge in [-0.2, -0.15) is 0 Å². The molecule has 1 N–H and O–H groups in total. The van der Waals surface area contributed by atoms with Crippen molar-refractivity contribution in [1.82, 2.24) is 9.55 Å². The van der Waals surface area contributed by atoms with Crippen LogP contribution in [0.4, 0.5) is 10.5 Å². The van der Waals surface area contributed by atoms with Crippen molar-refractivity contribution in [2.24, 2.45) is 0 Å². The van der Waals surface area contributed by atoms with Crippen LogP contribution < -0.4 is 5.32 Å². The number of ether oxygens (including phenoxy) is 1. The minimum absolute atomic E-state index is 0.444. The molecule has 0 saturated heterocycles. The van der Waals surface area contributed by atoms with Crippen LogP contribution in [0.15, 0.2) is 30.6 Å². The molecule has 122 valence electrons. The minimum atomic E-state index is -0.513. The van der Waals surface area contributed by atoms with Crippen LogP contribution in [-0.2, 0) is 4.74 Å². The number of amides is 1. The lowest BCUT2D eigenvalue weighted by Gasteiger charge is -2.20. The number of hydrogen-bond acceptors (Lipinski definition) is 3. The molecule has 1 aromatic carbocycles. The van der Waals surface area contributed by atoms with Crippen LogP contribution in [0, 0.1) is 6.92 Å². The first-order valence-electron chi connectivity index (χ1n) is 7.98. The molecule has 0 bridgehead atoms. The summed E-state index contributed by atoms with van der Waals surface area (Å²) in [5.74, 6) is 1.66. The van der Waals surface area contributed by atoms with E-state index in [-0.39, 0.29) is 0 Å². The van der Waals surface area contributed by atoms with Crippen molar-refractivity contribution in [3.63, 3.8) is 0 Å². The average Bonchev–Trinajstić information content (AvgIpc) is 3.17. The Bertz CT molecular complexity index is 724. The van der Waals surface area contributed by atoms with Gasteiger partial charge in [0.25, 0.3) is 0 Å². The number of imidazole rings is 1. The molecule has 1 aliphatic carbocycles. The number of rotatable bonds is 3. The second kappa shape index (κ2) is 5.72. The number of carbonyl (C=O) groups is 1. The van der Waals surface area contributed by atoms with Crippen molar-refractivity contribution in [3.8, 4) is 5.69 Å². The molecule has 23 heavy (non-hydrogen) atoms. The second-order valence-electron chi connectivity index (χ2n) is 7.06. The predicted molar refractivity (Wildman–Crippen MR) is 90.1 cm³/mol. The fourth-order valence-corrected chi connectivity index (χ4v) is 2.53. The van der Waals surface area contributed by atoms with Gasteiger partial charge in [-0.05, 0) is 58.2 Å². The summed E-state index contributed by atoms with van der Waals surface area (Å²) < 4.78 is 7.42. The van der Waals surface area contributed by atoms with Crippen molar-refractivity contribution in [1.29, 1.82) is 0 Å². The molecule has 1 amide bonds. The van der Waals surface area contributed by atoms with Crippen molar-refractivity contribution in [2.75, 3.05) is 5.32 Å². The number of nitrogens with zero attached hydrogens (tertiary/aromatic N) is 2. The Hall–Kier alpha value is -2.30. The molecular weight excluding hydrogens is 290 g/mol. The number of carbonyl (C=O) groups excluding carboxylic acids is 1. The molecule has 0 radical (unpaired) electrons. The van der Waals surface area contributed by atoms with Gasteiger partial charge in [-0.3, -0.25) is 5.32 Å². The van der Waals surface area contributed by atoms with Crippen LogP contribution >= 0.6 is 0 Å². The first kappa shape index (κ1) is 15.6. The maximum Gasteiger partial charge on any atom is 0.412 e. The first-order chi connectivity index (χ1) is 10.8. The third kappa shape index (κ3) is 3.73. The van der Waals surface area contributed by atoms with Crippen LogP contribution in [0.1, 0.15) is 50.9 Å². The third-order valence-corrected chi connectivity index (χ3v) is 3.73. The smallest absolute Gasteiger partial charge is 0.412 e. The molecule has 1 saturated carbocycles. The average molecular weight is 313 g/mol. The van der Waals surface area contributed by atoms with Crippen molar-refractivity contribution in [3.05, 3.63) is 42.0 Å². The highest BCUT2D eigenvalue weighted by molar-refractivity contribution is 5.85. The summed E-state index contributed by atoms with van der Waals surface area (Å²) in [5.41, 5.74) is 2.38. The monoisotopic (exact) mass is 313 g/mol. The summed E-state index contributed by atoms with van der Waals surface area (Å²) in [6.07, 6.45) is 5.77. The maximum atomic E-state index is 11.9. The molecule has 1 aliphatic rings. The zero-order valence-corrected chi connectivity index (χ0v) is 14.1. The van der Waals surface area contributed by atoms with Gasteiger partial charge in [0.15, 0.2) is 0 Å². The molecule has 5 nitrogen and oxygen atoms in total. The van der Waals surface area contributed by atoms with Crippen molar-refractivity contribution in [2.45, 2.75) is 52.1 Å². The van der Waals surface area contributed by atoms with Gasteiger partial charge in [0.1, 0.15) is 11.4 Å². The van der Waals surface area contributed by atoms with E-state index >= 15 is 0 Å². The van der Waals surface area contributed by atoms with Gasteiger partial charge >= 0.3 is 6.09 Å². The quantitative estimate of drug-likeness (QED) is 0.913. The first-order valence-corrected chi connectivity index (χ1v) is 7.98. The summed E-state index contributed by atoms with van der Waals surface area (Å²) in [6, 6.07) is 5.85. The van der Waals surface area contributed by atoms with E-state index in [0.29, 0.717) is 5.92 Å². The lowest BCUT2D eigenvalue weighted by atomic mass is 10.1. The van der Waals surface area contributed by atoms with Crippen LogP contribution in [0.3, 0.4) is 0 Å². The SMILES string of the molecule is Cc1ccc(NC(=O)OC(C)(C)C)cc1-n1ccnc1C1CC1. The van der Waals surface area contributed by atoms with E-state index in [4.69, 9.17) is 4.74 Å². The van der Waals surface area contributed by atoms with Gasteiger partial charge in [-0.25, -0.2) is 9.78 Å². The van der Waals surface area contributed by atoms with Crippen LogP contribution in [0.5, 0.6) is 0 Å². The lowest BCUT2D eigenvalue weighted by Crippen LogP contribution is -2.27. The summed E-state index contributed by atoms with van der Waals surface area (Å²) in [5, 5.41) is 2.80. The molecule has 0 unspecified atom stereocenters. The minimum Gasteiger partial charge on any atom is -0.444 e. The Labute approximate surface area is 136 Å². The predicted octanol–water partition coefficient (Wildman–Crippen LogP) is 4.41. The Morgan fingerprint density at radius 3 is 2.74 bits per heavy atom. The number of nitrogens with one attached hydrogen (secondary N) is 1. The lowest BCUT2D eigenvalue weighted by molar-refractivity contribution is 0.0636. The third-order valence-electron chi connectivity index (χ3n) is 3.73. The largest absolute Gasteiger partial charge is 0.444 e. The number of anilines is 1. The summed E-state index contributed by atoms with van der Waals surface area (Å²) in [7, 11) is 0. The van der Waals surface area contributed by atoms with Gasteiger partial charge in [0.2, 0.25) is 0 Å². The Kier molecular flexibility index (Phi) is 3.88. The van der Waals surface area contributed by atoms with E-state index in [2.05, 4.69) is 21.8 Å². The van der Waals surface area contributed by atoms with E-state index in [1.165, 1.54) is 12.8 Å². The van der Waals surface area contributed by atoms with E-state index in [9.17, 15) is 4.79 Å². The highest BCUT2D eigenvalue weighted by atomic mass is 16.6. The second-order valence-corrected chi connectivity index (χ2v) is 7.06. The molecule has 0 atom stereocenters. The van der Waals surface area contributed by atoms with E-state index in [0.717, 1.165) is 22.8 Å². The van der Waals surface area contributed by atoms with Crippen LogP contribution in [0.2, 0.25) is 0 Å². The van der Waals surface area contributed by atoms with Crippen LogP contribution in [0.25, 0.3) is 5.69 Å². The number of aryl methyl sites for hydroxylation is 1. The molecule has 1 aromatic heterocycles. The van der Waals surface area contributed by atoms with E-state index < -0.39 is 11.7 Å². The fraction of sp³-hybridized carbons (Fsp3) is 0.444. The van der Waals surface area contributed by atoms with Gasteiger partial charge in [0.05, 0.1) is 5.69 Å². The molecular formula is C18H23N3O2. The molecule has 0 spiro atoms. The van der Waals surface area contributed by atoms with Gasteiger partial charge in [-0.1, -0.05) is 6.07 Å². The van der Waals surface area contributed by atoms with Crippen molar-refractivity contribution >= 4 is 11.8 Å². The van der Waals surface area contributed by atoms with Gasteiger partial charge < -0.3 is 9.30 Å². The van der Waals surface area contributed by atoms with Crippen molar-refractivity contribution < 1.29 is 9.53 Å². The van der Waals surface area contributed by atoms with Gasteiger partial charge in [0, 0.05) is 24.0 Å². The summed E-state index contributed by atoms with van der Waals surface area (Å²) in [6.45, 7) is 7.60. The van der Waals surface area contributed by atoms with E-state index in [1.807, 2.05) is 51.4 Å². The molecule has 1 fully saturated rings. The number of benzene rings is 1. The Morgan fingerprint density at radius 1 is 1.35 bits per heavy atom. The Morgan fingerprint density at radius 2 is 2.09 bits per heavy atom. The summed E-state index contributed by atoms with van der Waals surface area (Å²) >= 11 is 0. The highest BCUT2D eigenvalue weighted by Gasteiger charge is 2.28.